The van der Waals surface area contributed by atoms with Crippen molar-refractivity contribution >= 4 is 45.0 Å². The maximum atomic E-state index is 11.8. The molecule has 2 N–H and O–H groups in total. The van der Waals surface area contributed by atoms with Crippen LogP contribution in [0.4, 0.5) is 5.69 Å². The average Bonchev–Trinajstić information content (AvgIpc) is 2.47. The Hall–Kier alpha value is -1.92. The van der Waals surface area contributed by atoms with Crippen LogP contribution in [0, 0.1) is 0 Å². The van der Waals surface area contributed by atoms with Crippen LogP contribution in [0.15, 0.2) is 47.1 Å². The Morgan fingerprint density at radius 1 is 1.19 bits per heavy atom. The number of rotatable bonds is 4. The second-order valence-corrected chi connectivity index (χ2v) is 5.45. The molecule has 7 heteroatoms. The van der Waals surface area contributed by atoms with Crippen molar-refractivity contribution in [2.45, 2.75) is 0 Å². The summed E-state index contributed by atoms with van der Waals surface area (Å²) in [5, 5.41) is 5.55. The molecule has 0 aliphatic heterocycles. The second kappa shape index (κ2) is 7.19. The van der Waals surface area contributed by atoms with Crippen molar-refractivity contribution in [3.63, 3.8) is 0 Å². The minimum atomic E-state index is -0.455. The van der Waals surface area contributed by atoms with Crippen molar-refractivity contribution in [3.8, 4) is 0 Å². The number of benzene rings is 1. The number of nitrogens with zero attached hydrogens (tertiary/aromatic N) is 1. The molecule has 0 spiro atoms. The van der Waals surface area contributed by atoms with Gasteiger partial charge in [-0.1, -0.05) is 27.5 Å². The molecule has 2 aromatic rings. The molecular weight excluding hydrogens is 358 g/mol. The largest absolute Gasteiger partial charge is 0.342 e. The number of carbonyl (C=O) groups excluding carboxylic acids is 2. The monoisotopic (exact) mass is 367 g/mol. The van der Waals surface area contributed by atoms with Gasteiger partial charge in [-0.25, -0.2) is 0 Å². The van der Waals surface area contributed by atoms with Crippen molar-refractivity contribution < 1.29 is 9.59 Å². The van der Waals surface area contributed by atoms with Crippen molar-refractivity contribution in [3.05, 3.63) is 57.8 Å². The molecule has 0 saturated heterocycles. The smallest absolute Gasteiger partial charge is 0.270 e. The van der Waals surface area contributed by atoms with Crippen LogP contribution in [-0.4, -0.2) is 23.3 Å². The third kappa shape index (κ3) is 4.84. The maximum Gasteiger partial charge on any atom is 0.270 e. The topological polar surface area (TPSA) is 71.1 Å². The van der Waals surface area contributed by atoms with Crippen LogP contribution in [0.5, 0.6) is 0 Å². The zero-order valence-corrected chi connectivity index (χ0v) is 13.1. The number of hydrogen-bond acceptors (Lipinski definition) is 3. The van der Waals surface area contributed by atoms with Crippen molar-refractivity contribution in [2.24, 2.45) is 0 Å². The van der Waals surface area contributed by atoms with Gasteiger partial charge in [0.05, 0.1) is 6.54 Å². The third-order valence-electron chi connectivity index (χ3n) is 2.49. The molecule has 21 heavy (non-hydrogen) atoms. The number of nitrogens with one attached hydrogen (secondary N) is 2. The molecule has 0 aliphatic rings. The summed E-state index contributed by atoms with van der Waals surface area (Å²) in [4.78, 5) is 27.4. The first kappa shape index (κ1) is 15.5. The van der Waals surface area contributed by atoms with Crippen LogP contribution in [0.2, 0.25) is 5.02 Å². The molecule has 0 radical (unpaired) electrons. The lowest BCUT2D eigenvalue weighted by Gasteiger charge is -2.07. The summed E-state index contributed by atoms with van der Waals surface area (Å²) >= 11 is 9.07. The second-order valence-electron chi connectivity index (χ2n) is 4.10. The fourth-order valence-corrected chi connectivity index (χ4v) is 1.94. The highest BCUT2D eigenvalue weighted by atomic mass is 79.9. The van der Waals surface area contributed by atoms with E-state index in [1.54, 1.807) is 18.2 Å². The fourth-order valence-electron chi connectivity index (χ4n) is 1.52. The van der Waals surface area contributed by atoms with Crippen LogP contribution < -0.4 is 10.6 Å². The first-order valence-corrected chi connectivity index (χ1v) is 7.17. The molecule has 0 bridgehead atoms. The molecule has 108 valence electrons. The lowest BCUT2D eigenvalue weighted by Crippen LogP contribution is -2.33. The van der Waals surface area contributed by atoms with Gasteiger partial charge >= 0.3 is 0 Å². The molecule has 5 nitrogen and oxygen atoms in total. The quantitative estimate of drug-likeness (QED) is 0.872. The summed E-state index contributed by atoms with van der Waals surface area (Å²) in [5.41, 5.74) is 0.817. The van der Waals surface area contributed by atoms with E-state index >= 15 is 0 Å². The molecule has 1 aromatic carbocycles. The molecule has 0 atom stereocenters. The SMILES string of the molecule is O=C(CNC(=O)c1cc(Cl)ccn1)Nc1ccc(Br)cc1. The number of pyridine rings is 1. The molecule has 1 heterocycles. The Kier molecular flexibility index (Phi) is 5.30. The Balaban J connectivity index is 1.86. The average molecular weight is 369 g/mol. The Morgan fingerprint density at radius 3 is 2.57 bits per heavy atom. The minimum absolute atomic E-state index is 0.150. The number of halogens is 2. The van der Waals surface area contributed by atoms with Gasteiger partial charge in [0.25, 0.3) is 5.91 Å². The summed E-state index contributed by atoms with van der Waals surface area (Å²) in [7, 11) is 0. The van der Waals surface area contributed by atoms with E-state index in [4.69, 9.17) is 11.6 Å². The highest BCUT2D eigenvalue weighted by Gasteiger charge is 2.09. The lowest BCUT2D eigenvalue weighted by molar-refractivity contribution is -0.115. The van der Waals surface area contributed by atoms with Gasteiger partial charge in [-0.15, -0.1) is 0 Å². The normalized spacial score (nSPS) is 10.0. The van der Waals surface area contributed by atoms with E-state index in [0.717, 1.165) is 4.47 Å². The predicted molar refractivity (Wildman–Crippen MR) is 84.4 cm³/mol. The van der Waals surface area contributed by atoms with Gasteiger partial charge in [-0.3, -0.25) is 14.6 Å². The molecule has 0 unspecified atom stereocenters. The molecule has 0 aliphatic carbocycles. The van der Waals surface area contributed by atoms with E-state index in [1.165, 1.54) is 12.3 Å². The van der Waals surface area contributed by atoms with E-state index < -0.39 is 5.91 Å². The summed E-state index contributed by atoms with van der Waals surface area (Å²) in [6, 6.07) is 10.1. The van der Waals surface area contributed by atoms with Crippen LogP contribution >= 0.6 is 27.5 Å². The zero-order valence-electron chi connectivity index (χ0n) is 10.8. The van der Waals surface area contributed by atoms with Gasteiger partial charge in [0.2, 0.25) is 5.91 Å². The number of carbonyl (C=O) groups is 2. The summed E-state index contributed by atoms with van der Waals surface area (Å²) in [5.74, 6) is -0.781. The van der Waals surface area contributed by atoms with Crippen molar-refractivity contribution in [2.75, 3.05) is 11.9 Å². The number of hydrogen-bond donors (Lipinski definition) is 2. The van der Waals surface area contributed by atoms with Gasteiger partial charge in [0, 0.05) is 21.4 Å². The van der Waals surface area contributed by atoms with Gasteiger partial charge in [0.1, 0.15) is 5.69 Å². The van der Waals surface area contributed by atoms with Gasteiger partial charge < -0.3 is 10.6 Å². The molecule has 0 fully saturated rings. The number of amides is 2. The molecule has 2 rings (SSSR count). The zero-order chi connectivity index (χ0) is 15.2. The standard InChI is InChI=1S/C14H11BrClN3O2/c15-9-1-3-11(4-2-9)19-13(20)8-18-14(21)12-7-10(16)5-6-17-12/h1-7H,8H2,(H,18,21)(H,19,20). The van der Waals surface area contributed by atoms with Crippen molar-refractivity contribution in [1.82, 2.24) is 10.3 Å². The van der Waals surface area contributed by atoms with Gasteiger partial charge in [-0.2, -0.15) is 0 Å². The summed E-state index contributed by atoms with van der Waals surface area (Å²) < 4.78 is 0.917. The molecule has 0 saturated carbocycles. The predicted octanol–water partition coefficient (Wildman–Crippen LogP) is 2.87. The highest BCUT2D eigenvalue weighted by molar-refractivity contribution is 9.10. The van der Waals surface area contributed by atoms with E-state index in [1.807, 2.05) is 12.1 Å². The lowest BCUT2D eigenvalue weighted by atomic mass is 10.3. The van der Waals surface area contributed by atoms with Crippen molar-refractivity contribution in [1.29, 1.82) is 0 Å². The van der Waals surface area contributed by atoms with E-state index in [9.17, 15) is 9.59 Å². The highest BCUT2D eigenvalue weighted by Crippen LogP contribution is 2.13. The Morgan fingerprint density at radius 2 is 1.90 bits per heavy atom. The van der Waals surface area contributed by atoms with Crippen LogP contribution in [-0.2, 0) is 4.79 Å². The summed E-state index contributed by atoms with van der Waals surface area (Å²) in [6.07, 6.45) is 1.43. The Bertz CT molecular complexity index is 662. The van der Waals surface area contributed by atoms with Crippen LogP contribution in [0.3, 0.4) is 0 Å². The minimum Gasteiger partial charge on any atom is -0.342 e. The maximum absolute atomic E-state index is 11.8. The molecular formula is C14H11BrClN3O2. The van der Waals surface area contributed by atoms with Gasteiger partial charge in [-0.05, 0) is 36.4 Å². The Labute approximate surface area is 134 Å². The molecule has 2 amide bonds. The first-order chi connectivity index (χ1) is 10.0. The van der Waals surface area contributed by atoms with E-state index in [-0.39, 0.29) is 18.1 Å². The van der Waals surface area contributed by atoms with Gasteiger partial charge in [0.15, 0.2) is 0 Å². The van der Waals surface area contributed by atoms with E-state index in [0.29, 0.717) is 10.7 Å². The number of anilines is 1. The third-order valence-corrected chi connectivity index (χ3v) is 3.26. The van der Waals surface area contributed by atoms with E-state index in [2.05, 4.69) is 31.5 Å². The fraction of sp³-hybridized carbons (Fsp3) is 0.0714. The first-order valence-electron chi connectivity index (χ1n) is 6.00. The summed E-state index contributed by atoms with van der Waals surface area (Å²) in [6.45, 7) is -0.150. The number of aromatic nitrogens is 1. The van der Waals surface area contributed by atoms with Crippen LogP contribution in [0.1, 0.15) is 10.5 Å². The molecule has 1 aromatic heterocycles. The van der Waals surface area contributed by atoms with Crippen LogP contribution in [0.25, 0.3) is 0 Å².